The van der Waals surface area contributed by atoms with Crippen molar-refractivity contribution in [2.24, 2.45) is 0 Å². The number of anilines is 1. The molecule has 0 atom stereocenters. The first-order valence-electron chi connectivity index (χ1n) is 9.59. The Morgan fingerprint density at radius 3 is 2.73 bits per heavy atom. The standard InChI is InChI=1S/C21H24N4O/c1-21(8-9-21)26-16-5-6-18-17(14-16)20(24-23-18)15-7-10-22-19(13-15)25-11-3-2-4-12-25/h5-7,10,13-14H,2-4,8-9,11-12H2,1H3,(H,23,24). The lowest BCUT2D eigenvalue weighted by Gasteiger charge is -2.27. The lowest BCUT2D eigenvalue weighted by molar-refractivity contribution is 0.200. The molecule has 5 rings (SSSR count). The van der Waals surface area contributed by atoms with Gasteiger partial charge >= 0.3 is 0 Å². The van der Waals surface area contributed by atoms with E-state index in [0.717, 1.165) is 59.7 Å². The second kappa shape index (κ2) is 6.01. The van der Waals surface area contributed by atoms with Crippen LogP contribution in [-0.4, -0.2) is 33.9 Å². The zero-order chi connectivity index (χ0) is 17.6. The molecule has 0 unspecified atom stereocenters. The number of hydrogen-bond acceptors (Lipinski definition) is 4. The Kier molecular flexibility index (Phi) is 3.62. The molecule has 1 aliphatic carbocycles. The van der Waals surface area contributed by atoms with E-state index in [1.165, 1.54) is 19.3 Å². The highest BCUT2D eigenvalue weighted by Gasteiger charge is 2.40. The normalized spacial score (nSPS) is 18.9. The van der Waals surface area contributed by atoms with Gasteiger partial charge in [0, 0.05) is 30.2 Å². The molecule has 5 heteroatoms. The maximum atomic E-state index is 6.14. The van der Waals surface area contributed by atoms with Gasteiger partial charge in [-0.15, -0.1) is 0 Å². The minimum Gasteiger partial charge on any atom is -0.488 e. The fraction of sp³-hybridized carbons (Fsp3) is 0.429. The Morgan fingerprint density at radius 2 is 1.92 bits per heavy atom. The summed E-state index contributed by atoms with van der Waals surface area (Å²) in [7, 11) is 0. The van der Waals surface area contributed by atoms with Gasteiger partial charge in [-0.05, 0) is 69.4 Å². The first-order chi connectivity index (χ1) is 12.7. The maximum absolute atomic E-state index is 6.14. The maximum Gasteiger partial charge on any atom is 0.129 e. The fourth-order valence-electron chi connectivity index (χ4n) is 3.71. The van der Waals surface area contributed by atoms with E-state index in [9.17, 15) is 0 Å². The number of nitrogens with one attached hydrogen (secondary N) is 1. The quantitative estimate of drug-likeness (QED) is 0.752. The summed E-state index contributed by atoms with van der Waals surface area (Å²) < 4.78 is 6.14. The van der Waals surface area contributed by atoms with Crippen molar-refractivity contribution >= 4 is 16.7 Å². The van der Waals surface area contributed by atoms with E-state index >= 15 is 0 Å². The van der Waals surface area contributed by atoms with Crippen LogP contribution < -0.4 is 9.64 Å². The van der Waals surface area contributed by atoms with Crippen LogP contribution >= 0.6 is 0 Å². The molecule has 0 spiro atoms. The number of aromatic amines is 1. The first-order valence-corrected chi connectivity index (χ1v) is 9.59. The van der Waals surface area contributed by atoms with Crippen LogP contribution in [0, 0.1) is 0 Å². The highest BCUT2D eigenvalue weighted by molar-refractivity contribution is 5.94. The Hall–Kier alpha value is -2.56. The number of ether oxygens (including phenoxy) is 1. The van der Waals surface area contributed by atoms with Gasteiger partial charge in [-0.3, -0.25) is 5.10 Å². The fourth-order valence-corrected chi connectivity index (χ4v) is 3.71. The third kappa shape index (κ3) is 2.91. The molecule has 3 aromatic rings. The number of H-pyrrole nitrogens is 1. The van der Waals surface area contributed by atoms with E-state index in [2.05, 4.69) is 45.2 Å². The van der Waals surface area contributed by atoms with Crippen molar-refractivity contribution in [3.8, 4) is 17.0 Å². The third-order valence-corrected chi connectivity index (χ3v) is 5.56. The Morgan fingerprint density at radius 1 is 1.08 bits per heavy atom. The van der Waals surface area contributed by atoms with Gasteiger partial charge in [0.25, 0.3) is 0 Å². The molecule has 1 saturated heterocycles. The van der Waals surface area contributed by atoms with Crippen molar-refractivity contribution in [2.75, 3.05) is 18.0 Å². The molecule has 0 amide bonds. The zero-order valence-corrected chi connectivity index (χ0v) is 15.2. The van der Waals surface area contributed by atoms with E-state index in [1.54, 1.807) is 0 Å². The van der Waals surface area contributed by atoms with Crippen molar-refractivity contribution in [1.29, 1.82) is 0 Å². The number of piperidine rings is 1. The van der Waals surface area contributed by atoms with Crippen molar-refractivity contribution < 1.29 is 4.74 Å². The van der Waals surface area contributed by atoms with Gasteiger partial charge in [0.2, 0.25) is 0 Å². The van der Waals surface area contributed by atoms with E-state index in [-0.39, 0.29) is 5.60 Å². The predicted molar refractivity (Wildman–Crippen MR) is 104 cm³/mol. The van der Waals surface area contributed by atoms with Gasteiger partial charge in [0.05, 0.1) is 11.2 Å². The van der Waals surface area contributed by atoms with Gasteiger partial charge < -0.3 is 9.64 Å². The van der Waals surface area contributed by atoms with Crippen LogP contribution in [0.4, 0.5) is 5.82 Å². The van der Waals surface area contributed by atoms with Gasteiger partial charge in [-0.1, -0.05) is 0 Å². The zero-order valence-electron chi connectivity index (χ0n) is 15.2. The van der Waals surface area contributed by atoms with Gasteiger partial charge in [-0.25, -0.2) is 4.98 Å². The Labute approximate surface area is 153 Å². The number of pyridine rings is 1. The number of aromatic nitrogens is 3. The summed E-state index contributed by atoms with van der Waals surface area (Å²) >= 11 is 0. The van der Waals surface area contributed by atoms with Crippen molar-refractivity contribution in [3.63, 3.8) is 0 Å². The highest BCUT2D eigenvalue weighted by Crippen LogP contribution is 2.40. The molecule has 134 valence electrons. The molecule has 1 aliphatic heterocycles. The molecule has 3 heterocycles. The SMILES string of the molecule is CC1(Oc2ccc3n[nH]c(-c4ccnc(N5CCCCC5)c4)c3c2)CC1. The molecular weight excluding hydrogens is 324 g/mol. The topological polar surface area (TPSA) is 54.0 Å². The number of fused-ring (bicyclic) bond motifs is 1. The van der Waals surface area contributed by atoms with Crippen molar-refractivity contribution in [3.05, 3.63) is 36.5 Å². The molecular formula is C21H24N4O. The van der Waals surface area contributed by atoms with Crippen LogP contribution in [0.15, 0.2) is 36.5 Å². The monoisotopic (exact) mass is 348 g/mol. The van der Waals surface area contributed by atoms with Crippen LogP contribution in [0.2, 0.25) is 0 Å². The van der Waals surface area contributed by atoms with Crippen molar-refractivity contribution in [2.45, 2.75) is 44.6 Å². The summed E-state index contributed by atoms with van der Waals surface area (Å²) in [6.07, 6.45) is 7.98. The number of rotatable bonds is 4. The van der Waals surface area contributed by atoms with E-state index < -0.39 is 0 Å². The Balaban J connectivity index is 1.50. The van der Waals surface area contributed by atoms with E-state index in [0.29, 0.717) is 0 Å². The molecule has 0 bridgehead atoms. The predicted octanol–water partition coefficient (Wildman–Crippen LogP) is 4.55. The van der Waals surface area contributed by atoms with Gasteiger partial charge in [-0.2, -0.15) is 5.10 Å². The van der Waals surface area contributed by atoms with Crippen LogP contribution in [-0.2, 0) is 0 Å². The summed E-state index contributed by atoms with van der Waals surface area (Å²) in [6, 6.07) is 10.4. The lowest BCUT2D eigenvalue weighted by atomic mass is 10.1. The summed E-state index contributed by atoms with van der Waals surface area (Å²) in [5.74, 6) is 1.98. The molecule has 26 heavy (non-hydrogen) atoms. The molecule has 1 aromatic carbocycles. The largest absolute Gasteiger partial charge is 0.488 e. The molecule has 1 saturated carbocycles. The summed E-state index contributed by atoms with van der Waals surface area (Å²) in [5.41, 5.74) is 3.14. The second-order valence-electron chi connectivity index (χ2n) is 7.78. The minimum absolute atomic E-state index is 0.0235. The van der Waals surface area contributed by atoms with Crippen LogP contribution in [0.5, 0.6) is 5.75 Å². The highest BCUT2D eigenvalue weighted by atomic mass is 16.5. The number of hydrogen-bond donors (Lipinski definition) is 1. The number of nitrogens with zero attached hydrogens (tertiary/aromatic N) is 3. The molecule has 0 radical (unpaired) electrons. The molecule has 2 aliphatic rings. The van der Waals surface area contributed by atoms with E-state index in [4.69, 9.17) is 4.74 Å². The lowest BCUT2D eigenvalue weighted by Crippen LogP contribution is -2.30. The van der Waals surface area contributed by atoms with Crippen molar-refractivity contribution in [1.82, 2.24) is 15.2 Å². The summed E-state index contributed by atoms with van der Waals surface area (Å²) in [4.78, 5) is 6.98. The molecule has 1 N–H and O–H groups in total. The van der Waals surface area contributed by atoms with Crippen LogP contribution in [0.3, 0.4) is 0 Å². The molecule has 2 aromatic heterocycles. The van der Waals surface area contributed by atoms with Gasteiger partial charge in [0.1, 0.15) is 17.2 Å². The summed E-state index contributed by atoms with van der Waals surface area (Å²) in [5, 5.41) is 8.79. The first kappa shape index (κ1) is 15.7. The smallest absolute Gasteiger partial charge is 0.129 e. The number of benzene rings is 1. The van der Waals surface area contributed by atoms with E-state index in [1.807, 2.05) is 18.3 Å². The average Bonchev–Trinajstić information content (AvgIpc) is 3.25. The minimum atomic E-state index is 0.0235. The van der Waals surface area contributed by atoms with Crippen LogP contribution in [0.25, 0.3) is 22.2 Å². The second-order valence-corrected chi connectivity index (χ2v) is 7.78. The Bertz CT molecular complexity index is 938. The third-order valence-electron chi connectivity index (χ3n) is 5.56. The molecule has 2 fully saturated rings. The summed E-state index contributed by atoms with van der Waals surface area (Å²) in [6.45, 7) is 4.36. The van der Waals surface area contributed by atoms with Gasteiger partial charge in [0.15, 0.2) is 0 Å². The van der Waals surface area contributed by atoms with Crippen LogP contribution in [0.1, 0.15) is 39.0 Å². The average molecular weight is 348 g/mol. The molecule has 5 nitrogen and oxygen atoms in total.